The van der Waals surface area contributed by atoms with Crippen molar-refractivity contribution in [1.82, 2.24) is 20.2 Å². The molecule has 6 heteroatoms. The van der Waals surface area contributed by atoms with E-state index in [-0.39, 0.29) is 5.56 Å². The van der Waals surface area contributed by atoms with Crippen LogP contribution < -0.4 is 10.9 Å². The van der Waals surface area contributed by atoms with E-state index in [0.717, 1.165) is 55.2 Å². The number of aromatic amines is 1. The Kier molecular flexibility index (Phi) is 3.40. The summed E-state index contributed by atoms with van der Waals surface area (Å²) in [5, 5.41) is 5.28. The minimum Gasteiger partial charge on any atom is -0.315 e. The highest BCUT2D eigenvalue weighted by atomic mass is 32.1. The second kappa shape index (κ2) is 5.17. The maximum Gasteiger partial charge on any atom is 0.268 e. The van der Waals surface area contributed by atoms with Gasteiger partial charge in [0.1, 0.15) is 10.5 Å². The summed E-state index contributed by atoms with van der Waals surface area (Å²) in [6, 6.07) is 1.91. The molecule has 5 nitrogen and oxygen atoms in total. The van der Waals surface area contributed by atoms with Gasteiger partial charge in [0.25, 0.3) is 5.56 Å². The van der Waals surface area contributed by atoms with E-state index in [9.17, 15) is 4.79 Å². The van der Waals surface area contributed by atoms with Gasteiger partial charge in [-0.25, -0.2) is 4.98 Å². The minimum absolute atomic E-state index is 0.0158. The van der Waals surface area contributed by atoms with Gasteiger partial charge < -0.3 is 10.3 Å². The van der Waals surface area contributed by atoms with Crippen molar-refractivity contribution in [2.24, 2.45) is 0 Å². The van der Waals surface area contributed by atoms with Crippen molar-refractivity contribution in [2.75, 3.05) is 26.2 Å². The smallest absolute Gasteiger partial charge is 0.268 e. The first-order chi connectivity index (χ1) is 8.83. The lowest BCUT2D eigenvalue weighted by molar-refractivity contribution is 0.277. The Morgan fingerprint density at radius 2 is 2.33 bits per heavy atom. The summed E-state index contributed by atoms with van der Waals surface area (Å²) in [5.41, 5.74) is 0.796. The van der Waals surface area contributed by atoms with Crippen LogP contribution in [0.15, 0.2) is 16.2 Å². The molecule has 0 amide bonds. The molecule has 2 aromatic heterocycles. The molecule has 0 aliphatic carbocycles. The van der Waals surface area contributed by atoms with Crippen molar-refractivity contribution in [2.45, 2.75) is 13.0 Å². The van der Waals surface area contributed by atoms with E-state index < -0.39 is 0 Å². The molecule has 0 unspecified atom stereocenters. The summed E-state index contributed by atoms with van der Waals surface area (Å²) in [6.45, 7) is 4.86. The van der Waals surface area contributed by atoms with Gasteiger partial charge in [-0.3, -0.25) is 9.69 Å². The lowest BCUT2D eigenvalue weighted by Gasteiger charge is -2.18. The van der Waals surface area contributed by atoms with E-state index in [1.165, 1.54) is 11.3 Å². The summed E-state index contributed by atoms with van der Waals surface area (Å²) >= 11 is 1.44. The molecule has 2 N–H and O–H groups in total. The lowest BCUT2D eigenvalue weighted by atomic mass is 10.3. The van der Waals surface area contributed by atoms with Crippen LogP contribution in [0.5, 0.6) is 0 Å². The van der Waals surface area contributed by atoms with Crippen LogP contribution in [-0.2, 0) is 6.54 Å². The summed E-state index contributed by atoms with van der Waals surface area (Å²) in [5.74, 6) is 0.771. The fourth-order valence-electron chi connectivity index (χ4n) is 2.27. The van der Waals surface area contributed by atoms with E-state index in [2.05, 4.69) is 20.2 Å². The van der Waals surface area contributed by atoms with E-state index in [4.69, 9.17) is 0 Å². The third-order valence-electron chi connectivity index (χ3n) is 3.17. The topological polar surface area (TPSA) is 61.0 Å². The van der Waals surface area contributed by atoms with Crippen LogP contribution in [0, 0.1) is 0 Å². The van der Waals surface area contributed by atoms with E-state index in [0.29, 0.717) is 0 Å². The Labute approximate surface area is 109 Å². The molecule has 1 fully saturated rings. The molecule has 0 bridgehead atoms. The predicted octanol–water partition coefficient (Wildman–Crippen LogP) is 0.780. The van der Waals surface area contributed by atoms with Crippen molar-refractivity contribution in [3.63, 3.8) is 0 Å². The van der Waals surface area contributed by atoms with Crippen molar-refractivity contribution >= 4 is 21.6 Å². The van der Waals surface area contributed by atoms with Crippen LogP contribution in [0.3, 0.4) is 0 Å². The Balaban J connectivity index is 1.83. The van der Waals surface area contributed by atoms with Gasteiger partial charge in [0.15, 0.2) is 0 Å². The van der Waals surface area contributed by atoms with Gasteiger partial charge in [0.2, 0.25) is 0 Å². The SMILES string of the molecule is O=c1[nH]c(CN2CCCNCC2)nc2ccsc12. The number of rotatable bonds is 2. The highest BCUT2D eigenvalue weighted by Gasteiger charge is 2.11. The van der Waals surface area contributed by atoms with Crippen molar-refractivity contribution < 1.29 is 0 Å². The van der Waals surface area contributed by atoms with E-state index >= 15 is 0 Å². The third-order valence-corrected chi connectivity index (χ3v) is 4.07. The molecular weight excluding hydrogens is 248 g/mol. The first-order valence-electron chi connectivity index (χ1n) is 6.22. The fraction of sp³-hybridized carbons (Fsp3) is 0.500. The Bertz CT molecular complexity index is 583. The van der Waals surface area contributed by atoms with Crippen molar-refractivity contribution in [3.8, 4) is 0 Å². The highest BCUT2D eigenvalue weighted by Crippen LogP contribution is 2.14. The molecule has 0 radical (unpaired) electrons. The zero-order chi connectivity index (χ0) is 12.4. The largest absolute Gasteiger partial charge is 0.315 e. The molecule has 3 heterocycles. The van der Waals surface area contributed by atoms with Gasteiger partial charge in [-0.05, 0) is 31.0 Å². The van der Waals surface area contributed by atoms with Crippen molar-refractivity contribution in [3.05, 3.63) is 27.6 Å². The Morgan fingerprint density at radius 1 is 1.39 bits per heavy atom. The van der Waals surface area contributed by atoms with Crippen LogP contribution in [-0.4, -0.2) is 41.0 Å². The van der Waals surface area contributed by atoms with Crippen LogP contribution in [0.2, 0.25) is 0 Å². The summed E-state index contributed by atoms with van der Waals surface area (Å²) in [4.78, 5) is 21.6. The maximum absolute atomic E-state index is 11.9. The first-order valence-corrected chi connectivity index (χ1v) is 7.10. The molecule has 96 valence electrons. The molecule has 1 aliphatic rings. The number of thiophene rings is 1. The lowest BCUT2D eigenvalue weighted by Crippen LogP contribution is -2.29. The average Bonchev–Trinajstić information content (AvgIpc) is 2.68. The van der Waals surface area contributed by atoms with E-state index in [1.54, 1.807) is 0 Å². The van der Waals surface area contributed by atoms with Gasteiger partial charge in [-0.1, -0.05) is 0 Å². The van der Waals surface area contributed by atoms with Crippen LogP contribution in [0.4, 0.5) is 0 Å². The highest BCUT2D eigenvalue weighted by molar-refractivity contribution is 7.17. The number of hydrogen-bond acceptors (Lipinski definition) is 5. The minimum atomic E-state index is -0.0158. The van der Waals surface area contributed by atoms with Crippen LogP contribution >= 0.6 is 11.3 Å². The normalized spacial score (nSPS) is 18.0. The van der Waals surface area contributed by atoms with Gasteiger partial charge in [0.05, 0.1) is 12.1 Å². The zero-order valence-corrected chi connectivity index (χ0v) is 10.9. The quantitative estimate of drug-likeness (QED) is 0.841. The molecule has 1 aliphatic heterocycles. The average molecular weight is 264 g/mol. The van der Waals surface area contributed by atoms with Crippen LogP contribution in [0.25, 0.3) is 10.2 Å². The number of aromatic nitrogens is 2. The number of nitrogens with zero attached hydrogens (tertiary/aromatic N) is 2. The maximum atomic E-state index is 11.9. The molecule has 1 saturated heterocycles. The number of H-pyrrole nitrogens is 1. The number of nitrogens with one attached hydrogen (secondary N) is 2. The second-order valence-corrected chi connectivity index (χ2v) is 5.44. The standard InChI is InChI=1S/C12H16N4OS/c17-12-11-9(2-7-18-11)14-10(15-12)8-16-5-1-3-13-4-6-16/h2,7,13H,1,3-6,8H2,(H,14,15,17). The van der Waals surface area contributed by atoms with Gasteiger partial charge in [0, 0.05) is 13.1 Å². The molecule has 18 heavy (non-hydrogen) atoms. The third kappa shape index (κ3) is 2.45. The molecular formula is C12H16N4OS. The zero-order valence-electron chi connectivity index (χ0n) is 10.1. The first kappa shape index (κ1) is 11.8. The molecule has 2 aromatic rings. The van der Waals surface area contributed by atoms with Gasteiger partial charge >= 0.3 is 0 Å². The Hall–Kier alpha value is -1.24. The monoisotopic (exact) mass is 264 g/mol. The molecule has 0 saturated carbocycles. The molecule has 0 atom stereocenters. The van der Waals surface area contributed by atoms with E-state index in [1.807, 2.05) is 11.4 Å². The molecule has 3 rings (SSSR count). The van der Waals surface area contributed by atoms with Crippen molar-refractivity contribution in [1.29, 1.82) is 0 Å². The second-order valence-electron chi connectivity index (χ2n) is 4.53. The van der Waals surface area contributed by atoms with Crippen LogP contribution in [0.1, 0.15) is 12.2 Å². The number of hydrogen-bond donors (Lipinski definition) is 2. The predicted molar refractivity (Wildman–Crippen MR) is 73.0 cm³/mol. The number of fused-ring (bicyclic) bond motifs is 1. The van der Waals surface area contributed by atoms with Gasteiger partial charge in [-0.15, -0.1) is 11.3 Å². The Morgan fingerprint density at radius 3 is 3.28 bits per heavy atom. The fourth-order valence-corrected chi connectivity index (χ4v) is 2.99. The summed E-state index contributed by atoms with van der Waals surface area (Å²) in [6.07, 6.45) is 1.14. The van der Waals surface area contributed by atoms with Gasteiger partial charge in [-0.2, -0.15) is 0 Å². The summed E-state index contributed by atoms with van der Waals surface area (Å²) in [7, 11) is 0. The summed E-state index contributed by atoms with van der Waals surface area (Å²) < 4.78 is 0.719. The molecule has 0 spiro atoms. The molecule has 0 aromatic carbocycles.